The molecule has 0 unspecified atom stereocenters. The van der Waals surface area contributed by atoms with Crippen molar-refractivity contribution in [2.75, 3.05) is 19.6 Å². The fraction of sp³-hybridized carbons (Fsp3) is 0.538. The number of hydrogen-bond acceptors (Lipinski definition) is 2. The maximum absolute atomic E-state index is 5.45. The van der Waals surface area contributed by atoms with E-state index in [4.69, 9.17) is 5.73 Å². The van der Waals surface area contributed by atoms with Crippen LogP contribution in [0.1, 0.15) is 17.5 Å². The van der Waals surface area contributed by atoms with Crippen LogP contribution in [0.5, 0.6) is 0 Å². The molecule has 2 rings (SSSR count). The lowest BCUT2D eigenvalue weighted by Gasteiger charge is -2.09. The average molecular weight is 204 g/mol. The van der Waals surface area contributed by atoms with E-state index in [9.17, 15) is 0 Å². The van der Waals surface area contributed by atoms with E-state index in [1.807, 2.05) is 0 Å². The summed E-state index contributed by atoms with van der Waals surface area (Å²) in [6.07, 6.45) is 3.57. The third-order valence-electron chi connectivity index (χ3n) is 3.13. The Morgan fingerprint density at radius 2 is 1.87 bits per heavy atom. The molecule has 0 aliphatic heterocycles. The molecule has 15 heavy (non-hydrogen) atoms. The zero-order valence-corrected chi connectivity index (χ0v) is 9.21. The molecule has 0 saturated heterocycles. The fourth-order valence-corrected chi connectivity index (χ4v) is 2.33. The predicted octanol–water partition coefficient (Wildman–Crippen LogP) is 1.34. The molecule has 0 aromatic heterocycles. The van der Waals surface area contributed by atoms with Crippen molar-refractivity contribution in [2.45, 2.75) is 19.3 Å². The third-order valence-corrected chi connectivity index (χ3v) is 3.13. The van der Waals surface area contributed by atoms with E-state index < -0.39 is 0 Å². The zero-order valence-electron chi connectivity index (χ0n) is 9.21. The Balaban J connectivity index is 1.76. The molecule has 0 fully saturated rings. The SMILES string of the molecule is NCCCNCC1Cc2ccccc2C1. The quantitative estimate of drug-likeness (QED) is 0.710. The molecule has 2 heteroatoms. The van der Waals surface area contributed by atoms with Crippen LogP contribution in [0, 0.1) is 5.92 Å². The molecule has 0 saturated carbocycles. The van der Waals surface area contributed by atoms with Crippen molar-refractivity contribution >= 4 is 0 Å². The molecule has 0 bridgehead atoms. The van der Waals surface area contributed by atoms with E-state index in [0.29, 0.717) is 0 Å². The summed E-state index contributed by atoms with van der Waals surface area (Å²) in [5, 5.41) is 3.48. The highest BCUT2D eigenvalue weighted by atomic mass is 14.9. The van der Waals surface area contributed by atoms with Gasteiger partial charge in [0.1, 0.15) is 0 Å². The molecule has 1 aliphatic carbocycles. The normalized spacial score (nSPS) is 15.5. The summed E-state index contributed by atoms with van der Waals surface area (Å²) in [5.41, 5.74) is 8.54. The Morgan fingerprint density at radius 1 is 1.20 bits per heavy atom. The number of nitrogens with one attached hydrogen (secondary N) is 1. The Morgan fingerprint density at radius 3 is 2.47 bits per heavy atom. The zero-order chi connectivity index (χ0) is 10.5. The van der Waals surface area contributed by atoms with Gasteiger partial charge in [0.15, 0.2) is 0 Å². The molecule has 0 spiro atoms. The molecule has 0 amide bonds. The van der Waals surface area contributed by atoms with E-state index in [0.717, 1.165) is 32.0 Å². The predicted molar refractivity (Wildman–Crippen MR) is 63.9 cm³/mol. The van der Waals surface area contributed by atoms with Gasteiger partial charge in [-0.3, -0.25) is 0 Å². The Hall–Kier alpha value is -0.860. The summed E-state index contributed by atoms with van der Waals surface area (Å²) in [5.74, 6) is 0.792. The smallest absolute Gasteiger partial charge is 0.00141 e. The minimum atomic E-state index is 0.790. The van der Waals surface area contributed by atoms with E-state index >= 15 is 0 Å². The number of nitrogens with two attached hydrogens (primary N) is 1. The van der Waals surface area contributed by atoms with Crippen LogP contribution in [0.4, 0.5) is 0 Å². The van der Waals surface area contributed by atoms with Crippen LogP contribution in [-0.4, -0.2) is 19.6 Å². The van der Waals surface area contributed by atoms with Gasteiger partial charge in [-0.1, -0.05) is 24.3 Å². The standard InChI is InChI=1S/C13H20N2/c14-6-3-7-15-10-11-8-12-4-1-2-5-13(12)9-11/h1-2,4-5,11,15H,3,6-10,14H2. The summed E-state index contributed by atoms with van der Waals surface area (Å²) in [7, 11) is 0. The molecular formula is C13H20N2. The Bertz CT molecular complexity index is 284. The average Bonchev–Trinajstić information content (AvgIpc) is 2.67. The number of hydrogen-bond donors (Lipinski definition) is 2. The van der Waals surface area contributed by atoms with Crippen LogP contribution in [0.3, 0.4) is 0 Å². The molecule has 1 aromatic rings. The van der Waals surface area contributed by atoms with Gasteiger partial charge in [-0.05, 0) is 55.9 Å². The van der Waals surface area contributed by atoms with Crippen molar-refractivity contribution in [3.05, 3.63) is 35.4 Å². The lowest BCUT2D eigenvalue weighted by atomic mass is 10.1. The van der Waals surface area contributed by atoms with Crippen LogP contribution >= 0.6 is 0 Å². The second-order valence-electron chi connectivity index (χ2n) is 4.39. The van der Waals surface area contributed by atoms with E-state index in [-0.39, 0.29) is 0 Å². The summed E-state index contributed by atoms with van der Waals surface area (Å²) in [6.45, 7) is 2.98. The van der Waals surface area contributed by atoms with Gasteiger partial charge in [0.05, 0.1) is 0 Å². The largest absolute Gasteiger partial charge is 0.330 e. The van der Waals surface area contributed by atoms with Crippen molar-refractivity contribution in [3.63, 3.8) is 0 Å². The van der Waals surface area contributed by atoms with Crippen molar-refractivity contribution in [2.24, 2.45) is 11.7 Å². The Labute approximate surface area is 91.9 Å². The molecule has 0 heterocycles. The molecule has 82 valence electrons. The van der Waals surface area contributed by atoms with Crippen molar-refractivity contribution < 1.29 is 0 Å². The highest BCUT2D eigenvalue weighted by Crippen LogP contribution is 2.25. The van der Waals surface area contributed by atoms with Gasteiger partial charge in [0.2, 0.25) is 0 Å². The van der Waals surface area contributed by atoms with Crippen LogP contribution in [0.25, 0.3) is 0 Å². The number of rotatable bonds is 5. The molecule has 1 aliphatic rings. The van der Waals surface area contributed by atoms with Crippen molar-refractivity contribution in [1.29, 1.82) is 0 Å². The fourth-order valence-electron chi connectivity index (χ4n) is 2.33. The topological polar surface area (TPSA) is 38.0 Å². The first-order valence-electron chi connectivity index (χ1n) is 5.87. The van der Waals surface area contributed by atoms with Crippen LogP contribution < -0.4 is 11.1 Å². The highest BCUT2D eigenvalue weighted by Gasteiger charge is 2.19. The minimum Gasteiger partial charge on any atom is -0.330 e. The molecule has 3 N–H and O–H groups in total. The van der Waals surface area contributed by atoms with E-state index in [1.54, 1.807) is 11.1 Å². The van der Waals surface area contributed by atoms with Gasteiger partial charge < -0.3 is 11.1 Å². The van der Waals surface area contributed by atoms with Crippen molar-refractivity contribution in [1.82, 2.24) is 5.32 Å². The van der Waals surface area contributed by atoms with Gasteiger partial charge in [0, 0.05) is 0 Å². The second-order valence-corrected chi connectivity index (χ2v) is 4.39. The van der Waals surface area contributed by atoms with Crippen LogP contribution in [-0.2, 0) is 12.8 Å². The number of fused-ring (bicyclic) bond motifs is 1. The van der Waals surface area contributed by atoms with Gasteiger partial charge in [0.25, 0.3) is 0 Å². The monoisotopic (exact) mass is 204 g/mol. The van der Waals surface area contributed by atoms with E-state index in [2.05, 4.69) is 29.6 Å². The third kappa shape index (κ3) is 2.80. The molecule has 0 atom stereocenters. The van der Waals surface area contributed by atoms with Crippen molar-refractivity contribution in [3.8, 4) is 0 Å². The van der Waals surface area contributed by atoms with Gasteiger partial charge in [-0.25, -0.2) is 0 Å². The summed E-state index contributed by atoms with van der Waals surface area (Å²) >= 11 is 0. The lowest BCUT2D eigenvalue weighted by Crippen LogP contribution is -2.25. The summed E-state index contributed by atoms with van der Waals surface area (Å²) < 4.78 is 0. The Kier molecular flexibility index (Phi) is 3.75. The van der Waals surface area contributed by atoms with Gasteiger partial charge >= 0.3 is 0 Å². The second kappa shape index (κ2) is 5.29. The van der Waals surface area contributed by atoms with Crippen LogP contribution in [0.15, 0.2) is 24.3 Å². The van der Waals surface area contributed by atoms with Gasteiger partial charge in [-0.2, -0.15) is 0 Å². The lowest BCUT2D eigenvalue weighted by molar-refractivity contribution is 0.495. The number of benzene rings is 1. The van der Waals surface area contributed by atoms with Gasteiger partial charge in [-0.15, -0.1) is 0 Å². The van der Waals surface area contributed by atoms with Crippen LogP contribution in [0.2, 0.25) is 0 Å². The first-order valence-corrected chi connectivity index (χ1v) is 5.87. The maximum atomic E-state index is 5.45. The molecule has 2 nitrogen and oxygen atoms in total. The maximum Gasteiger partial charge on any atom is -0.00141 e. The summed E-state index contributed by atoms with van der Waals surface area (Å²) in [4.78, 5) is 0. The minimum absolute atomic E-state index is 0.790. The highest BCUT2D eigenvalue weighted by molar-refractivity contribution is 5.32. The molecule has 0 radical (unpaired) electrons. The summed E-state index contributed by atoms with van der Waals surface area (Å²) in [6, 6.07) is 8.80. The molecule has 1 aromatic carbocycles. The first-order chi connectivity index (χ1) is 7.40. The van der Waals surface area contributed by atoms with E-state index in [1.165, 1.54) is 12.8 Å². The first kappa shape index (κ1) is 10.7. The molecular weight excluding hydrogens is 184 g/mol.